The van der Waals surface area contributed by atoms with E-state index in [0.29, 0.717) is 46.7 Å². The lowest BCUT2D eigenvalue weighted by molar-refractivity contribution is -0.118. The Hall–Kier alpha value is -3.90. The molecule has 0 aliphatic heterocycles. The van der Waals surface area contributed by atoms with Crippen molar-refractivity contribution in [3.05, 3.63) is 57.1 Å². The minimum atomic E-state index is -0.399. The molecular weight excluding hydrogens is 588 g/mol. The van der Waals surface area contributed by atoms with Crippen LogP contribution in [0.25, 0.3) is 20.4 Å². The SMILES string of the molecule is CCn1c(=NC(=O)CCCCCCCC(=O)N=c2sc3cc(C(=O)OC)ccc3n2CC)sc2cc(C(=O)OC)ccc21. The Kier molecular flexibility index (Phi) is 11.2. The minimum Gasteiger partial charge on any atom is -0.465 e. The summed E-state index contributed by atoms with van der Waals surface area (Å²) in [5, 5.41) is 0. The van der Waals surface area contributed by atoms with Gasteiger partial charge in [-0.05, 0) is 63.1 Å². The monoisotopic (exact) mass is 624 g/mol. The average molecular weight is 625 g/mol. The van der Waals surface area contributed by atoms with Crippen LogP contribution in [0.3, 0.4) is 0 Å². The summed E-state index contributed by atoms with van der Waals surface area (Å²) in [6, 6.07) is 10.7. The maximum Gasteiger partial charge on any atom is 0.337 e. The number of ether oxygens (including phenoxy) is 2. The first-order valence-corrected chi connectivity index (χ1v) is 16.0. The van der Waals surface area contributed by atoms with E-state index in [1.54, 1.807) is 24.3 Å². The summed E-state index contributed by atoms with van der Waals surface area (Å²) in [5.74, 6) is -1.13. The molecule has 0 bridgehead atoms. The van der Waals surface area contributed by atoms with Crippen molar-refractivity contribution in [1.82, 2.24) is 9.13 Å². The van der Waals surface area contributed by atoms with Gasteiger partial charge in [0.05, 0.1) is 45.8 Å². The first-order chi connectivity index (χ1) is 20.8. The Labute approximate surface area is 257 Å². The molecular formula is C31H36N4O6S2. The number of hydrogen-bond donors (Lipinski definition) is 0. The topological polar surface area (TPSA) is 121 Å². The third kappa shape index (κ3) is 7.74. The molecule has 0 saturated carbocycles. The predicted molar refractivity (Wildman–Crippen MR) is 167 cm³/mol. The van der Waals surface area contributed by atoms with Crippen LogP contribution in [0.5, 0.6) is 0 Å². The molecule has 2 aromatic heterocycles. The molecule has 0 aliphatic rings. The molecule has 2 heterocycles. The van der Waals surface area contributed by atoms with E-state index in [-0.39, 0.29) is 11.8 Å². The van der Waals surface area contributed by atoms with Gasteiger partial charge in [-0.3, -0.25) is 9.59 Å². The third-order valence-corrected chi connectivity index (χ3v) is 9.14. The van der Waals surface area contributed by atoms with Gasteiger partial charge >= 0.3 is 11.9 Å². The van der Waals surface area contributed by atoms with Crippen LogP contribution in [-0.4, -0.2) is 47.1 Å². The van der Waals surface area contributed by atoms with Gasteiger partial charge in [-0.15, -0.1) is 0 Å². The molecule has 0 saturated heterocycles. The molecule has 0 radical (unpaired) electrons. The van der Waals surface area contributed by atoms with Crippen molar-refractivity contribution in [3.8, 4) is 0 Å². The van der Waals surface area contributed by atoms with E-state index >= 15 is 0 Å². The second-order valence-corrected chi connectivity index (χ2v) is 11.9. The predicted octanol–water partition coefficient (Wildman–Crippen LogP) is 5.62. The first-order valence-electron chi connectivity index (χ1n) is 14.4. The number of unbranched alkanes of at least 4 members (excludes halogenated alkanes) is 4. The molecule has 12 heteroatoms. The number of methoxy groups -OCH3 is 2. The number of thiazole rings is 2. The van der Waals surface area contributed by atoms with Gasteiger partial charge in [0.2, 0.25) is 11.8 Å². The van der Waals surface area contributed by atoms with Crippen molar-refractivity contribution in [2.45, 2.75) is 71.9 Å². The molecule has 0 spiro atoms. The number of aryl methyl sites for hydroxylation is 2. The molecule has 0 atom stereocenters. The second kappa shape index (κ2) is 15.0. The molecule has 0 aliphatic carbocycles. The largest absolute Gasteiger partial charge is 0.465 e. The maximum atomic E-state index is 12.6. The Bertz CT molecular complexity index is 1660. The number of benzene rings is 2. The zero-order valence-electron chi connectivity index (χ0n) is 24.9. The number of aromatic nitrogens is 2. The lowest BCUT2D eigenvalue weighted by Gasteiger charge is -2.02. The van der Waals surface area contributed by atoms with Gasteiger partial charge in [0.15, 0.2) is 9.60 Å². The lowest BCUT2D eigenvalue weighted by Crippen LogP contribution is -2.15. The zero-order valence-corrected chi connectivity index (χ0v) is 26.5. The summed E-state index contributed by atoms with van der Waals surface area (Å²) < 4.78 is 15.3. The highest BCUT2D eigenvalue weighted by Gasteiger charge is 2.13. The van der Waals surface area contributed by atoms with Crippen LogP contribution in [0.4, 0.5) is 0 Å². The van der Waals surface area contributed by atoms with Crippen LogP contribution in [0.2, 0.25) is 0 Å². The van der Waals surface area contributed by atoms with Gasteiger partial charge in [0.1, 0.15) is 0 Å². The number of amides is 2. The van der Waals surface area contributed by atoms with Crippen LogP contribution in [0, 0.1) is 0 Å². The van der Waals surface area contributed by atoms with Crippen LogP contribution in [0.1, 0.15) is 79.5 Å². The van der Waals surface area contributed by atoms with E-state index in [2.05, 4.69) is 9.98 Å². The van der Waals surface area contributed by atoms with Crippen molar-refractivity contribution in [2.75, 3.05) is 14.2 Å². The molecule has 4 aromatic rings. The highest BCUT2D eigenvalue weighted by molar-refractivity contribution is 7.16. The number of carbonyl (C=O) groups excluding carboxylic acids is 4. The quantitative estimate of drug-likeness (QED) is 0.149. The summed E-state index contributed by atoms with van der Waals surface area (Å²) >= 11 is 2.77. The normalized spacial score (nSPS) is 12.3. The van der Waals surface area contributed by atoms with Gasteiger partial charge in [-0.2, -0.15) is 9.98 Å². The molecule has 10 nitrogen and oxygen atoms in total. The van der Waals surface area contributed by atoms with Crippen molar-refractivity contribution < 1.29 is 28.7 Å². The van der Waals surface area contributed by atoms with Crippen molar-refractivity contribution >= 4 is 66.9 Å². The number of rotatable bonds is 12. The Balaban J connectivity index is 1.25. The van der Waals surface area contributed by atoms with E-state index in [9.17, 15) is 19.2 Å². The summed E-state index contributed by atoms with van der Waals surface area (Å²) in [6.45, 7) is 5.31. The number of fused-ring (bicyclic) bond motifs is 2. The van der Waals surface area contributed by atoms with Crippen LogP contribution in [0.15, 0.2) is 46.4 Å². The fraction of sp³-hybridized carbons (Fsp3) is 0.419. The number of hydrogen-bond acceptors (Lipinski definition) is 8. The Morgan fingerprint density at radius 2 is 1.05 bits per heavy atom. The molecule has 43 heavy (non-hydrogen) atoms. The highest BCUT2D eigenvalue weighted by atomic mass is 32.1. The number of esters is 2. The van der Waals surface area contributed by atoms with Crippen LogP contribution >= 0.6 is 22.7 Å². The van der Waals surface area contributed by atoms with Crippen molar-refractivity contribution in [2.24, 2.45) is 9.98 Å². The molecule has 0 unspecified atom stereocenters. The fourth-order valence-electron chi connectivity index (χ4n) is 4.83. The van der Waals surface area contributed by atoms with E-state index in [4.69, 9.17) is 9.47 Å². The summed E-state index contributed by atoms with van der Waals surface area (Å²) in [6.07, 6.45) is 4.86. The number of nitrogens with zero attached hydrogens (tertiary/aromatic N) is 4. The smallest absolute Gasteiger partial charge is 0.337 e. The lowest BCUT2D eigenvalue weighted by atomic mass is 10.1. The molecule has 4 rings (SSSR count). The first kappa shape index (κ1) is 32.0. The maximum absolute atomic E-state index is 12.6. The van der Waals surface area contributed by atoms with Gasteiger partial charge in [-0.25, -0.2) is 9.59 Å². The molecule has 228 valence electrons. The van der Waals surface area contributed by atoms with E-state index in [1.165, 1.54) is 36.9 Å². The molecule has 2 aromatic carbocycles. The van der Waals surface area contributed by atoms with Crippen molar-refractivity contribution in [1.29, 1.82) is 0 Å². The van der Waals surface area contributed by atoms with E-state index in [1.807, 2.05) is 35.1 Å². The van der Waals surface area contributed by atoms with Gasteiger partial charge in [-0.1, -0.05) is 41.9 Å². The highest BCUT2D eigenvalue weighted by Crippen LogP contribution is 2.21. The van der Waals surface area contributed by atoms with Gasteiger partial charge in [0, 0.05) is 25.9 Å². The minimum absolute atomic E-state index is 0.165. The Morgan fingerprint density at radius 1 is 0.651 bits per heavy atom. The fourth-order valence-corrected chi connectivity index (χ4v) is 7.13. The Morgan fingerprint density at radius 3 is 1.42 bits per heavy atom. The van der Waals surface area contributed by atoms with Crippen LogP contribution in [-0.2, 0) is 32.2 Å². The molecule has 0 N–H and O–H groups in total. The molecule has 2 amide bonds. The number of carbonyl (C=O) groups is 4. The third-order valence-electron chi connectivity index (χ3n) is 7.06. The van der Waals surface area contributed by atoms with E-state index in [0.717, 1.165) is 52.5 Å². The summed E-state index contributed by atoms with van der Waals surface area (Å²) in [7, 11) is 2.70. The molecule has 0 fully saturated rings. The summed E-state index contributed by atoms with van der Waals surface area (Å²) in [5.41, 5.74) is 2.79. The standard InChI is InChI=1S/C31H36N4O6S2/c1-5-34-22-16-14-20(28(38)40-3)18-24(22)42-30(34)32-26(36)12-10-8-7-9-11-13-27(37)33-31-35(6-2)23-17-15-21(29(39)41-4)19-25(23)43-31/h14-19H,5-13H2,1-4H3. The van der Waals surface area contributed by atoms with E-state index < -0.39 is 11.9 Å². The summed E-state index contributed by atoms with van der Waals surface area (Å²) in [4.78, 5) is 58.9. The second-order valence-electron chi connectivity index (χ2n) is 9.88. The van der Waals surface area contributed by atoms with Gasteiger partial charge < -0.3 is 18.6 Å². The van der Waals surface area contributed by atoms with Gasteiger partial charge in [0.25, 0.3) is 0 Å². The van der Waals surface area contributed by atoms with Crippen molar-refractivity contribution in [3.63, 3.8) is 0 Å². The average Bonchev–Trinajstić information content (AvgIpc) is 3.54. The zero-order chi connectivity index (χ0) is 30.9. The van der Waals surface area contributed by atoms with Crippen LogP contribution < -0.4 is 9.60 Å².